The van der Waals surface area contributed by atoms with Crippen LogP contribution in [-0.4, -0.2) is 27.0 Å². The molecule has 0 N–H and O–H groups in total. The van der Waals surface area contributed by atoms with E-state index in [1.807, 2.05) is 0 Å². The summed E-state index contributed by atoms with van der Waals surface area (Å²) in [5, 5.41) is 2.43. The van der Waals surface area contributed by atoms with Crippen molar-refractivity contribution in [1.82, 2.24) is 0 Å². The summed E-state index contributed by atoms with van der Waals surface area (Å²) in [5.41, 5.74) is 2.32. The van der Waals surface area contributed by atoms with Crippen LogP contribution < -0.4 is 10.4 Å². The van der Waals surface area contributed by atoms with Crippen molar-refractivity contribution in [1.29, 1.82) is 0 Å². The Labute approximate surface area is 271 Å². The Balaban J connectivity index is 1.38. The van der Waals surface area contributed by atoms with Gasteiger partial charge in [0.1, 0.15) is 12.6 Å². The first kappa shape index (κ1) is 31.9. The fraction of sp³-hybridized carbons (Fsp3) is 0.463. The summed E-state index contributed by atoms with van der Waals surface area (Å²) in [6, 6.07) is 32.4. The van der Waals surface area contributed by atoms with E-state index < -0.39 is 8.32 Å². The average molecular weight is 619 g/mol. The minimum atomic E-state index is -2.74. The van der Waals surface area contributed by atoms with Crippen molar-refractivity contribution in [2.45, 2.75) is 84.3 Å². The average Bonchev–Trinajstić information content (AvgIpc) is 3.39. The molecule has 3 aliphatic rings. The maximum atomic E-state index is 13.2. The van der Waals surface area contributed by atoms with E-state index in [2.05, 4.69) is 132 Å². The van der Waals surface area contributed by atoms with Crippen molar-refractivity contribution < 1.29 is 14.0 Å². The molecule has 3 nitrogen and oxygen atoms in total. The zero-order chi connectivity index (χ0) is 31.9. The molecule has 4 unspecified atom stereocenters. The summed E-state index contributed by atoms with van der Waals surface area (Å²) < 4.78 is 7.57. The van der Waals surface area contributed by atoms with E-state index in [0.29, 0.717) is 6.42 Å². The van der Waals surface area contributed by atoms with Gasteiger partial charge in [0.05, 0.1) is 0 Å². The van der Waals surface area contributed by atoms with Gasteiger partial charge >= 0.3 is 0 Å². The first-order chi connectivity index (χ1) is 21.6. The van der Waals surface area contributed by atoms with Crippen LogP contribution >= 0.6 is 0 Å². The molecule has 3 aliphatic carbocycles. The summed E-state index contributed by atoms with van der Waals surface area (Å²) in [6.45, 7) is 11.7. The van der Waals surface area contributed by atoms with E-state index in [4.69, 9.17) is 4.43 Å². The third kappa shape index (κ3) is 5.32. The number of allylic oxidation sites excluding steroid dienone is 2. The number of benzene rings is 3. The molecule has 7 atom stereocenters. The van der Waals surface area contributed by atoms with Crippen molar-refractivity contribution in [2.24, 2.45) is 34.5 Å². The van der Waals surface area contributed by atoms with E-state index in [-0.39, 0.29) is 45.6 Å². The third-order valence-corrected chi connectivity index (χ3v) is 17.2. The van der Waals surface area contributed by atoms with Gasteiger partial charge in [-0.2, -0.15) is 0 Å². The number of aldehydes is 2. The maximum absolute atomic E-state index is 13.2. The molecule has 0 aliphatic heterocycles. The number of rotatable bonds is 8. The van der Waals surface area contributed by atoms with E-state index >= 15 is 0 Å². The Morgan fingerprint density at radius 2 is 1.36 bits per heavy atom. The van der Waals surface area contributed by atoms with Crippen molar-refractivity contribution >= 4 is 36.8 Å². The lowest BCUT2D eigenvalue weighted by Gasteiger charge is -2.53. The third-order valence-electron chi connectivity index (χ3n) is 12.1. The minimum Gasteiger partial charge on any atom is -0.404 e. The molecule has 0 spiro atoms. The number of hydrogen-bond acceptors (Lipinski definition) is 3. The van der Waals surface area contributed by atoms with Gasteiger partial charge in [0.25, 0.3) is 8.32 Å². The molecule has 45 heavy (non-hydrogen) atoms. The van der Waals surface area contributed by atoms with E-state index in [0.717, 1.165) is 32.1 Å². The van der Waals surface area contributed by atoms with Crippen LogP contribution in [0.15, 0.2) is 97.1 Å². The number of hydrogen-bond donors (Lipinski definition) is 0. The zero-order valence-electron chi connectivity index (χ0n) is 27.7. The molecular weight excluding hydrogens is 569 g/mol. The maximum Gasteiger partial charge on any atom is 0.261 e. The Morgan fingerprint density at radius 1 is 0.778 bits per heavy atom. The smallest absolute Gasteiger partial charge is 0.261 e. The van der Waals surface area contributed by atoms with Gasteiger partial charge in [0.2, 0.25) is 0 Å². The molecule has 4 heteroatoms. The van der Waals surface area contributed by atoms with Gasteiger partial charge in [-0.1, -0.05) is 138 Å². The standard InChI is InChI=1S/C41H50O3Si/c1-39(2,3)45(34-19-11-7-12-20-34,35-21-13-8-14-22-35)44-33-23-25-40(4,32(26-33)29-43)37-27-36(30-16-9-6-10-17-30)41(5)24-15-18-31(28-42)38(37)41/h6-14,16-17,19-22,27-29,31-33,37-38H,15,18,23-26H2,1-5H3/t31?,32-,33+,37?,38?,40+,41?/m1/s1. The second kappa shape index (κ2) is 12.3. The number of carbonyl (C=O) groups is 2. The van der Waals surface area contributed by atoms with Crippen molar-refractivity contribution in [3.8, 4) is 0 Å². The van der Waals surface area contributed by atoms with Crippen LogP contribution in [0.1, 0.15) is 78.7 Å². The molecule has 0 amide bonds. The van der Waals surface area contributed by atoms with Crippen molar-refractivity contribution in [3.05, 3.63) is 103 Å². The van der Waals surface area contributed by atoms with Crippen molar-refractivity contribution in [2.75, 3.05) is 0 Å². The fourth-order valence-corrected chi connectivity index (χ4v) is 14.5. The molecule has 0 saturated heterocycles. The molecule has 2 saturated carbocycles. The van der Waals surface area contributed by atoms with E-state index in [9.17, 15) is 9.59 Å². The molecule has 0 bridgehead atoms. The molecule has 6 rings (SSSR count). The fourth-order valence-electron chi connectivity index (χ4n) is 9.77. The largest absolute Gasteiger partial charge is 0.404 e. The number of fused-ring (bicyclic) bond motifs is 1. The Bertz CT molecular complexity index is 1470. The van der Waals surface area contributed by atoms with Gasteiger partial charge < -0.3 is 14.0 Å². The van der Waals surface area contributed by atoms with Crippen molar-refractivity contribution in [3.63, 3.8) is 0 Å². The Morgan fingerprint density at radius 3 is 1.89 bits per heavy atom. The Hall–Kier alpha value is -3.08. The molecule has 2 fully saturated rings. The topological polar surface area (TPSA) is 43.4 Å². The van der Waals surface area contributed by atoms with Crippen LogP contribution in [0.5, 0.6) is 0 Å². The van der Waals surface area contributed by atoms with Gasteiger partial charge in [-0.15, -0.1) is 0 Å². The predicted octanol–water partition coefficient (Wildman–Crippen LogP) is 8.27. The lowest BCUT2D eigenvalue weighted by molar-refractivity contribution is -0.125. The SMILES string of the molecule is CC12CCCC(C=O)C1C([C@@]1(C)CC[C@H](O[Si](c3ccccc3)(c3ccccc3)C(C)(C)C)C[C@@H]1C=O)C=C2c1ccccc1. The molecule has 0 heterocycles. The van der Waals surface area contributed by atoms with Gasteiger partial charge in [-0.25, -0.2) is 0 Å². The predicted molar refractivity (Wildman–Crippen MR) is 187 cm³/mol. The molecule has 3 aromatic carbocycles. The summed E-state index contributed by atoms with van der Waals surface area (Å²) >= 11 is 0. The number of carbonyl (C=O) groups excluding carboxylic acids is 2. The van der Waals surface area contributed by atoms with Gasteiger partial charge in [-0.3, -0.25) is 0 Å². The van der Waals surface area contributed by atoms with Gasteiger partial charge in [-0.05, 0) is 81.3 Å². The lowest BCUT2D eigenvalue weighted by Crippen LogP contribution is -2.68. The van der Waals surface area contributed by atoms with E-state index in [1.54, 1.807) is 0 Å². The van der Waals surface area contributed by atoms with Gasteiger partial charge in [0, 0.05) is 17.9 Å². The second-order valence-corrected chi connectivity index (χ2v) is 19.8. The van der Waals surface area contributed by atoms with E-state index in [1.165, 1.54) is 34.1 Å². The highest BCUT2D eigenvalue weighted by Crippen LogP contribution is 2.65. The van der Waals surface area contributed by atoms with Crippen LogP contribution in [0.25, 0.3) is 5.57 Å². The second-order valence-electron chi connectivity index (χ2n) is 15.5. The zero-order valence-corrected chi connectivity index (χ0v) is 28.7. The molecule has 0 radical (unpaired) electrons. The highest BCUT2D eigenvalue weighted by Gasteiger charge is 2.60. The quantitative estimate of drug-likeness (QED) is 0.189. The van der Waals surface area contributed by atoms with Crippen LogP contribution in [0, 0.1) is 34.5 Å². The van der Waals surface area contributed by atoms with Crippen LogP contribution in [0.2, 0.25) is 5.04 Å². The lowest BCUT2D eigenvalue weighted by atomic mass is 9.52. The normalized spacial score (nSPS) is 31.9. The highest BCUT2D eigenvalue weighted by atomic mass is 28.4. The molecule has 236 valence electrons. The monoisotopic (exact) mass is 618 g/mol. The minimum absolute atomic E-state index is 0.0152. The van der Waals surface area contributed by atoms with Crippen LogP contribution in [-0.2, 0) is 14.0 Å². The van der Waals surface area contributed by atoms with Gasteiger partial charge in [0.15, 0.2) is 0 Å². The summed E-state index contributed by atoms with van der Waals surface area (Å²) in [6.07, 6.45) is 10.6. The van der Waals surface area contributed by atoms with Crippen LogP contribution in [0.3, 0.4) is 0 Å². The highest BCUT2D eigenvalue weighted by molar-refractivity contribution is 6.99. The first-order valence-corrected chi connectivity index (χ1v) is 19.0. The molecular formula is C41H50O3Si. The first-order valence-electron chi connectivity index (χ1n) is 17.1. The summed E-state index contributed by atoms with van der Waals surface area (Å²) in [5.74, 6) is 0.239. The molecule has 3 aromatic rings. The van der Waals surface area contributed by atoms with Crippen LogP contribution in [0.4, 0.5) is 0 Å². The Kier molecular flexibility index (Phi) is 8.69. The summed E-state index contributed by atoms with van der Waals surface area (Å²) in [7, 11) is -2.74. The summed E-state index contributed by atoms with van der Waals surface area (Å²) in [4.78, 5) is 25.8. The molecule has 0 aromatic heterocycles.